The highest BCUT2D eigenvalue weighted by Gasteiger charge is 2.24. The standard InChI is InChI=1S/C17H28N6O/c1-22(2)16-10-15(18-12-19-16)20-13-6-8-23(9-7-13)11-14-4-3-5-17(24)21-14/h10,12-14H,3-9,11H2,1-2H3,(H,21,24)(H,18,19,20). The summed E-state index contributed by atoms with van der Waals surface area (Å²) in [6, 6.07) is 2.77. The molecule has 1 atom stereocenters. The highest BCUT2D eigenvalue weighted by Crippen LogP contribution is 2.18. The van der Waals surface area contributed by atoms with E-state index in [9.17, 15) is 4.79 Å². The van der Waals surface area contributed by atoms with E-state index in [2.05, 4.69) is 25.5 Å². The third kappa shape index (κ3) is 4.56. The van der Waals surface area contributed by atoms with Crippen molar-refractivity contribution >= 4 is 17.5 Å². The number of nitrogens with zero attached hydrogens (tertiary/aromatic N) is 4. The van der Waals surface area contributed by atoms with E-state index in [4.69, 9.17) is 0 Å². The molecule has 1 unspecified atom stereocenters. The fraction of sp³-hybridized carbons (Fsp3) is 0.706. The quantitative estimate of drug-likeness (QED) is 0.841. The fourth-order valence-corrected chi connectivity index (χ4v) is 3.47. The number of carbonyl (C=O) groups excluding carboxylic acids is 1. The number of anilines is 2. The van der Waals surface area contributed by atoms with Gasteiger partial charge in [-0.3, -0.25) is 4.79 Å². The first-order chi connectivity index (χ1) is 11.6. The molecule has 2 fully saturated rings. The van der Waals surface area contributed by atoms with E-state index in [0.717, 1.165) is 57.0 Å². The fourth-order valence-electron chi connectivity index (χ4n) is 3.47. The minimum Gasteiger partial charge on any atom is -0.367 e. The SMILES string of the molecule is CN(C)c1cc(NC2CCN(CC3CCCC(=O)N3)CC2)ncn1. The van der Waals surface area contributed by atoms with Crippen molar-refractivity contribution < 1.29 is 4.79 Å². The number of amides is 1. The molecule has 1 amide bonds. The van der Waals surface area contributed by atoms with Gasteiger partial charge in [-0.1, -0.05) is 0 Å². The van der Waals surface area contributed by atoms with E-state index in [1.165, 1.54) is 0 Å². The van der Waals surface area contributed by atoms with Gasteiger partial charge in [0.15, 0.2) is 0 Å². The predicted octanol–water partition coefficient (Wildman–Crippen LogP) is 1.09. The number of carbonyl (C=O) groups is 1. The first-order valence-corrected chi connectivity index (χ1v) is 8.88. The summed E-state index contributed by atoms with van der Waals surface area (Å²) in [7, 11) is 3.96. The number of piperidine rings is 2. The molecular weight excluding hydrogens is 304 g/mol. The van der Waals surface area contributed by atoms with Gasteiger partial charge >= 0.3 is 0 Å². The number of aromatic nitrogens is 2. The first-order valence-electron chi connectivity index (χ1n) is 8.88. The molecule has 132 valence electrons. The predicted molar refractivity (Wildman–Crippen MR) is 95.2 cm³/mol. The van der Waals surface area contributed by atoms with Crippen LogP contribution in [0.4, 0.5) is 11.6 Å². The molecule has 0 radical (unpaired) electrons. The van der Waals surface area contributed by atoms with Gasteiger partial charge in [0.2, 0.25) is 5.91 Å². The normalized spacial score (nSPS) is 22.9. The molecule has 3 heterocycles. The highest BCUT2D eigenvalue weighted by atomic mass is 16.1. The second-order valence-electron chi connectivity index (χ2n) is 7.03. The van der Waals surface area contributed by atoms with Crippen LogP contribution in [0.15, 0.2) is 12.4 Å². The summed E-state index contributed by atoms with van der Waals surface area (Å²) in [6.45, 7) is 3.11. The molecule has 0 aromatic carbocycles. The van der Waals surface area contributed by atoms with Crippen molar-refractivity contribution in [3.8, 4) is 0 Å². The second kappa shape index (κ2) is 7.79. The van der Waals surface area contributed by atoms with Crippen LogP contribution in [0.2, 0.25) is 0 Å². The molecule has 1 aromatic rings. The molecule has 1 aromatic heterocycles. The lowest BCUT2D eigenvalue weighted by atomic mass is 10.0. The van der Waals surface area contributed by atoms with E-state index in [0.29, 0.717) is 18.5 Å². The van der Waals surface area contributed by atoms with E-state index < -0.39 is 0 Å². The van der Waals surface area contributed by atoms with E-state index in [1.54, 1.807) is 6.33 Å². The lowest BCUT2D eigenvalue weighted by Crippen LogP contribution is -2.49. The maximum absolute atomic E-state index is 11.5. The van der Waals surface area contributed by atoms with Gasteiger partial charge in [-0.2, -0.15) is 0 Å². The van der Waals surface area contributed by atoms with Gasteiger partial charge in [0.05, 0.1) is 0 Å². The number of hydrogen-bond donors (Lipinski definition) is 2. The van der Waals surface area contributed by atoms with Gasteiger partial charge in [0.25, 0.3) is 0 Å². The van der Waals surface area contributed by atoms with Crippen LogP contribution < -0.4 is 15.5 Å². The topological polar surface area (TPSA) is 73.4 Å². The van der Waals surface area contributed by atoms with Crippen LogP contribution in [0.25, 0.3) is 0 Å². The molecule has 2 aliphatic rings. The zero-order chi connectivity index (χ0) is 16.9. The van der Waals surface area contributed by atoms with Crippen molar-refractivity contribution in [3.63, 3.8) is 0 Å². The van der Waals surface area contributed by atoms with Crippen molar-refractivity contribution in [1.82, 2.24) is 20.2 Å². The van der Waals surface area contributed by atoms with Gasteiger partial charge in [-0.15, -0.1) is 0 Å². The summed E-state index contributed by atoms with van der Waals surface area (Å²) in [5, 5.41) is 6.65. The molecule has 3 rings (SSSR count). The molecule has 0 saturated carbocycles. The van der Waals surface area contributed by atoms with Gasteiger partial charge in [-0.05, 0) is 25.7 Å². The van der Waals surface area contributed by atoms with Crippen molar-refractivity contribution in [2.75, 3.05) is 43.9 Å². The molecule has 24 heavy (non-hydrogen) atoms. The van der Waals surface area contributed by atoms with Gasteiger partial charge < -0.3 is 20.4 Å². The summed E-state index contributed by atoms with van der Waals surface area (Å²) >= 11 is 0. The van der Waals surface area contributed by atoms with E-state index >= 15 is 0 Å². The molecule has 2 saturated heterocycles. The summed E-state index contributed by atoms with van der Waals surface area (Å²) in [5.74, 6) is 2.02. The third-order valence-corrected chi connectivity index (χ3v) is 4.85. The van der Waals surface area contributed by atoms with Crippen molar-refractivity contribution in [1.29, 1.82) is 0 Å². The maximum Gasteiger partial charge on any atom is 0.220 e. The van der Waals surface area contributed by atoms with Crippen LogP contribution in [-0.2, 0) is 4.79 Å². The molecule has 0 aliphatic carbocycles. The Morgan fingerprint density at radius 2 is 2.08 bits per heavy atom. The van der Waals surface area contributed by atoms with Crippen molar-refractivity contribution in [2.45, 2.75) is 44.2 Å². The summed E-state index contributed by atoms with van der Waals surface area (Å²) in [5.41, 5.74) is 0. The summed E-state index contributed by atoms with van der Waals surface area (Å²) < 4.78 is 0. The maximum atomic E-state index is 11.5. The minimum absolute atomic E-state index is 0.211. The van der Waals surface area contributed by atoms with Crippen LogP contribution in [0.5, 0.6) is 0 Å². The lowest BCUT2D eigenvalue weighted by Gasteiger charge is -2.35. The Kier molecular flexibility index (Phi) is 5.50. The van der Waals surface area contributed by atoms with Gasteiger partial charge in [0, 0.05) is 58.3 Å². The average Bonchev–Trinajstić information content (AvgIpc) is 2.57. The number of hydrogen-bond acceptors (Lipinski definition) is 6. The third-order valence-electron chi connectivity index (χ3n) is 4.85. The van der Waals surface area contributed by atoms with Crippen LogP contribution in [0.1, 0.15) is 32.1 Å². The Hall–Kier alpha value is -1.89. The Morgan fingerprint density at radius 3 is 2.79 bits per heavy atom. The number of nitrogens with one attached hydrogen (secondary N) is 2. The smallest absolute Gasteiger partial charge is 0.220 e. The van der Waals surface area contributed by atoms with Crippen LogP contribution >= 0.6 is 0 Å². The van der Waals surface area contributed by atoms with Crippen LogP contribution in [-0.4, -0.2) is 66.6 Å². The largest absolute Gasteiger partial charge is 0.367 e. The summed E-state index contributed by atoms with van der Waals surface area (Å²) in [6.07, 6.45) is 6.63. The zero-order valence-electron chi connectivity index (χ0n) is 14.7. The van der Waals surface area contributed by atoms with Crippen LogP contribution in [0, 0.1) is 0 Å². The molecule has 0 spiro atoms. The van der Waals surface area contributed by atoms with Gasteiger partial charge in [0.1, 0.15) is 18.0 Å². The average molecular weight is 332 g/mol. The number of rotatable bonds is 5. The monoisotopic (exact) mass is 332 g/mol. The molecule has 0 bridgehead atoms. The first kappa shape index (κ1) is 17.0. The summed E-state index contributed by atoms with van der Waals surface area (Å²) in [4.78, 5) is 24.5. The Morgan fingerprint density at radius 1 is 1.29 bits per heavy atom. The molecule has 7 nitrogen and oxygen atoms in total. The van der Waals surface area contributed by atoms with Gasteiger partial charge in [-0.25, -0.2) is 9.97 Å². The highest BCUT2D eigenvalue weighted by molar-refractivity contribution is 5.76. The van der Waals surface area contributed by atoms with Crippen LogP contribution in [0.3, 0.4) is 0 Å². The molecule has 7 heteroatoms. The molecule has 2 aliphatic heterocycles. The Bertz CT molecular complexity index is 556. The minimum atomic E-state index is 0.211. The molecule has 2 N–H and O–H groups in total. The molecular formula is C17H28N6O. The van der Waals surface area contributed by atoms with E-state index in [-0.39, 0.29) is 5.91 Å². The zero-order valence-corrected chi connectivity index (χ0v) is 14.7. The second-order valence-corrected chi connectivity index (χ2v) is 7.03. The van der Waals surface area contributed by atoms with Crippen molar-refractivity contribution in [3.05, 3.63) is 12.4 Å². The lowest BCUT2D eigenvalue weighted by molar-refractivity contribution is -0.123. The van der Waals surface area contributed by atoms with Crippen molar-refractivity contribution in [2.24, 2.45) is 0 Å². The van der Waals surface area contributed by atoms with E-state index in [1.807, 2.05) is 25.1 Å². The Labute approximate surface area is 143 Å². The number of likely N-dealkylation sites (tertiary alicyclic amines) is 1. The Balaban J connectivity index is 1.45.